The van der Waals surface area contributed by atoms with E-state index in [1.807, 2.05) is 0 Å². The van der Waals surface area contributed by atoms with Crippen molar-refractivity contribution < 1.29 is 0 Å². The van der Waals surface area contributed by atoms with Crippen molar-refractivity contribution in [3.8, 4) is 0 Å². The molecule has 0 radical (unpaired) electrons. The van der Waals surface area contributed by atoms with Crippen molar-refractivity contribution in [2.45, 2.75) is 90.5 Å². The Labute approximate surface area is 109 Å². The van der Waals surface area contributed by atoms with E-state index >= 15 is 0 Å². The SMILES string of the molecule is CCCCC1CCC(N)(CCCC(C)C)CC1. The average molecular weight is 239 g/mol. The van der Waals surface area contributed by atoms with Crippen LogP contribution >= 0.6 is 0 Å². The molecule has 0 bridgehead atoms. The van der Waals surface area contributed by atoms with Gasteiger partial charge in [0.15, 0.2) is 0 Å². The quantitative estimate of drug-likeness (QED) is 0.672. The second-order valence-corrected chi connectivity index (χ2v) is 6.73. The molecule has 0 unspecified atom stereocenters. The Hall–Kier alpha value is -0.0400. The van der Waals surface area contributed by atoms with Crippen molar-refractivity contribution in [2.75, 3.05) is 0 Å². The van der Waals surface area contributed by atoms with Gasteiger partial charge in [0, 0.05) is 5.54 Å². The van der Waals surface area contributed by atoms with Crippen LogP contribution in [0, 0.1) is 11.8 Å². The minimum absolute atomic E-state index is 0.192. The summed E-state index contributed by atoms with van der Waals surface area (Å²) in [5, 5.41) is 0. The molecule has 1 nitrogen and oxygen atoms in total. The molecule has 1 aliphatic rings. The molecule has 0 aliphatic heterocycles. The predicted octanol–water partition coefficient (Wildman–Crippen LogP) is 4.89. The molecule has 0 aromatic heterocycles. The molecule has 1 saturated carbocycles. The summed E-state index contributed by atoms with van der Waals surface area (Å²) in [6.45, 7) is 6.91. The summed E-state index contributed by atoms with van der Waals surface area (Å²) >= 11 is 0. The molecule has 0 amide bonds. The van der Waals surface area contributed by atoms with Crippen molar-refractivity contribution >= 4 is 0 Å². The lowest BCUT2D eigenvalue weighted by atomic mass is 9.73. The van der Waals surface area contributed by atoms with Crippen molar-refractivity contribution in [2.24, 2.45) is 17.6 Å². The molecule has 0 aromatic rings. The molecule has 0 aromatic carbocycles. The molecule has 0 atom stereocenters. The highest BCUT2D eigenvalue weighted by atomic mass is 14.7. The third-order valence-corrected chi connectivity index (χ3v) is 4.52. The van der Waals surface area contributed by atoms with Gasteiger partial charge < -0.3 is 5.73 Å². The second-order valence-electron chi connectivity index (χ2n) is 6.73. The summed E-state index contributed by atoms with van der Waals surface area (Å²) in [4.78, 5) is 0. The van der Waals surface area contributed by atoms with E-state index < -0.39 is 0 Å². The lowest BCUT2D eigenvalue weighted by Gasteiger charge is -2.37. The molecule has 1 aliphatic carbocycles. The van der Waals surface area contributed by atoms with E-state index in [1.54, 1.807) is 0 Å². The van der Waals surface area contributed by atoms with Gasteiger partial charge in [0.1, 0.15) is 0 Å². The molecule has 0 spiro atoms. The normalized spacial score (nSPS) is 29.8. The van der Waals surface area contributed by atoms with Crippen molar-refractivity contribution in [1.82, 2.24) is 0 Å². The fraction of sp³-hybridized carbons (Fsp3) is 1.00. The molecule has 1 fully saturated rings. The van der Waals surface area contributed by atoms with Crippen LogP contribution < -0.4 is 5.73 Å². The van der Waals surface area contributed by atoms with Crippen LogP contribution in [-0.2, 0) is 0 Å². The van der Waals surface area contributed by atoms with Crippen LogP contribution in [0.25, 0.3) is 0 Å². The van der Waals surface area contributed by atoms with E-state index in [0.717, 1.165) is 11.8 Å². The molecule has 0 saturated heterocycles. The lowest BCUT2D eigenvalue weighted by Crippen LogP contribution is -2.43. The molecular weight excluding hydrogens is 206 g/mol. The van der Waals surface area contributed by atoms with Crippen LogP contribution in [0.3, 0.4) is 0 Å². The molecule has 1 rings (SSSR count). The Bertz CT molecular complexity index is 190. The molecule has 17 heavy (non-hydrogen) atoms. The Morgan fingerprint density at radius 2 is 1.82 bits per heavy atom. The molecule has 102 valence electrons. The van der Waals surface area contributed by atoms with Gasteiger partial charge in [-0.15, -0.1) is 0 Å². The minimum Gasteiger partial charge on any atom is -0.325 e. The summed E-state index contributed by atoms with van der Waals surface area (Å²) in [5.74, 6) is 1.82. The second kappa shape index (κ2) is 7.41. The van der Waals surface area contributed by atoms with Crippen LogP contribution in [0.2, 0.25) is 0 Å². The maximum atomic E-state index is 6.54. The van der Waals surface area contributed by atoms with Crippen LogP contribution in [0.15, 0.2) is 0 Å². The first-order valence-electron chi connectivity index (χ1n) is 7.84. The van der Waals surface area contributed by atoms with Gasteiger partial charge in [-0.25, -0.2) is 0 Å². The number of rotatable bonds is 7. The van der Waals surface area contributed by atoms with Gasteiger partial charge in [-0.05, 0) is 43.9 Å². The topological polar surface area (TPSA) is 26.0 Å². The highest BCUT2D eigenvalue weighted by Crippen LogP contribution is 2.36. The zero-order valence-electron chi connectivity index (χ0n) is 12.3. The van der Waals surface area contributed by atoms with Gasteiger partial charge in [0.2, 0.25) is 0 Å². The fourth-order valence-electron chi connectivity index (χ4n) is 3.15. The van der Waals surface area contributed by atoms with Crippen LogP contribution in [0.5, 0.6) is 0 Å². The standard InChI is InChI=1S/C16H33N/c1-4-5-8-15-9-12-16(17,13-10-15)11-6-7-14(2)3/h14-15H,4-13,17H2,1-3H3. The maximum absolute atomic E-state index is 6.54. The zero-order chi connectivity index (χ0) is 12.7. The largest absolute Gasteiger partial charge is 0.325 e. The van der Waals surface area contributed by atoms with E-state index in [4.69, 9.17) is 5.73 Å². The Morgan fingerprint density at radius 3 is 2.35 bits per heavy atom. The average Bonchev–Trinajstić information content (AvgIpc) is 2.28. The van der Waals surface area contributed by atoms with Gasteiger partial charge in [-0.1, -0.05) is 52.9 Å². The van der Waals surface area contributed by atoms with Gasteiger partial charge in [0.05, 0.1) is 0 Å². The van der Waals surface area contributed by atoms with Crippen molar-refractivity contribution in [3.63, 3.8) is 0 Å². The Kier molecular flexibility index (Phi) is 6.54. The van der Waals surface area contributed by atoms with E-state index in [2.05, 4.69) is 20.8 Å². The van der Waals surface area contributed by atoms with Gasteiger partial charge in [0.25, 0.3) is 0 Å². The third-order valence-electron chi connectivity index (χ3n) is 4.52. The van der Waals surface area contributed by atoms with E-state index in [0.29, 0.717) is 0 Å². The van der Waals surface area contributed by atoms with E-state index in [9.17, 15) is 0 Å². The van der Waals surface area contributed by atoms with Crippen LogP contribution in [0.1, 0.15) is 85.0 Å². The third kappa shape index (κ3) is 5.90. The lowest BCUT2D eigenvalue weighted by molar-refractivity contribution is 0.206. The molecule has 1 heteroatoms. The van der Waals surface area contributed by atoms with E-state index in [1.165, 1.54) is 64.2 Å². The molecular formula is C16H33N. The van der Waals surface area contributed by atoms with Crippen molar-refractivity contribution in [1.29, 1.82) is 0 Å². The summed E-state index contributed by atoms with van der Waals surface area (Å²) in [6, 6.07) is 0. The summed E-state index contributed by atoms with van der Waals surface area (Å²) in [7, 11) is 0. The first kappa shape index (κ1) is 15.0. The van der Waals surface area contributed by atoms with Gasteiger partial charge in [-0.2, -0.15) is 0 Å². The number of unbranched alkanes of at least 4 members (excludes halogenated alkanes) is 1. The first-order valence-corrected chi connectivity index (χ1v) is 7.84. The minimum atomic E-state index is 0.192. The first-order chi connectivity index (χ1) is 8.06. The highest BCUT2D eigenvalue weighted by Gasteiger charge is 2.30. The Balaban J connectivity index is 2.19. The predicted molar refractivity (Wildman–Crippen MR) is 77.1 cm³/mol. The summed E-state index contributed by atoms with van der Waals surface area (Å²) in [5.41, 5.74) is 6.73. The zero-order valence-corrected chi connectivity index (χ0v) is 12.3. The van der Waals surface area contributed by atoms with Crippen LogP contribution in [-0.4, -0.2) is 5.54 Å². The highest BCUT2D eigenvalue weighted by molar-refractivity contribution is 4.89. The Morgan fingerprint density at radius 1 is 1.18 bits per heavy atom. The fourth-order valence-corrected chi connectivity index (χ4v) is 3.15. The van der Waals surface area contributed by atoms with Gasteiger partial charge in [-0.3, -0.25) is 0 Å². The maximum Gasteiger partial charge on any atom is 0.0154 e. The number of hydrogen-bond donors (Lipinski definition) is 1. The van der Waals surface area contributed by atoms with Crippen LogP contribution in [0.4, 0.5) is 0 Å². The summed E-state index contributed by atoms with van der Waals surface area (Å²) in [6.07, 6.45) is 13.5. The van der Waals surface area contributed by atoms with E-state index in [-0.39, 0.29) is 5.54 Å². The molecule has 0 heterocycles. The van der Waals surface area contributed by atoms with Gasteiger partial charge >= 0.3 is 0 Å². The monoisotopic (exact) mass is 239 g/mol. The number of hydrogen-bond acceptors (Lipinski definition) is 1. The smallest absolute Gasteiger partial charge is 0.0154 e. The summed E-state index contributed by atoms with van der Waals surface area (Å²) < 4.78 is 0. The molecule has 2 N–H and O–H groups in total. The number of nitrogens with two attached hydrogens (primary N) is 1. The van der Waals surface area contributed by atoms with Crippen molar-refractivity contribution in [3.05, 3.63) is 0 Å².